The van der Waals surface area contributed by atoms with Gasteiger partial charge in [0.1, 0.15) is 5.75 Å². The Bertz CT molecular complexity index is 977. The van der Waals surface area contributed by atoms with Crippen molar-refractivity contribution in [3.05, 3.63) is 58.9 Å². The first-order chi connectivity index (χ1) is 15.6. The van der Waals surface area contributed by atoms with Gasteiger partial charge in [0.2, 0.25) is 0 Å². The average molecular weight is 462 g/mol. The van der Waals surface area contributed by atoms with Gasteiger partial charge in [0.05, 0.1) is 18.1 Å². The summed E-state index contributed by atoms with van der Waals surface area (Å²) in [6.45, 7) is 3.32. The topological polar surface area (TPSA) is 49.8 Å². The first kappa shape index (κ1) is 26.1. The zero-order chi connectivity index (χ0) is 24.6. The standard InChI is InChI=1S/C23H26F3NO3.C3H4/c1-15(13-21(28)29)19-14-16(11-12-27(19)2)22-18(23(24,25)26)9-6-10-20(22)30-17-7-4-3-5-8-17;1-3-2/h6,9-12,14,17H,3-5,7-8,13H2,1-2H3,(H,28,29);1H,2H3/b19-15+;. The van der Waals surface area contributed by atoms with Crippen LogP contribution in [0.3, 0.4) is 0 Å². The molecule has 1 heterocycles. The van der Waals surface area contributed by atoms with Crippen LogP contribution in [0.25, 0.3) is 5.57 Å². The molecular formula is C26H30F3NO3. The average Bonchev–Trinajstić information content (AvgIpc) is 2.74. The van der Waals surface area contributed by atoms with Crippen molar-refractivity contribution in [2.75, 3.05) is 7.05 Å². The molecule has 1 aliphatic carbocycles. The monoisotopic (exact) mass is 461 g/mol. The second-order valence-electron chi connectivity index (χ2n) is 8.11. The van der Waals surface area contributed by atoms with Gasteiger partial charge in [-0.1, -0.05) is 12.5 Å². The van der Waals surface area contributed by atoms with Crippen molar-refractivity contribution >= 4 is 11.5 Å². The number of likely N-dealkylation sites (N-methyl/N-ethyl adjacent to an activating group) is 1. The van der Waals surface area contributed by atoms with Gasteiger partial charge in [-0.15, -0.1) is 12.3 Å². The zero-order valence-corrected chi connectivity index (χ0v) is 19.2. The number of carboxylic acid groups (broad SMARTS) is 1. The van der Waals surface area contributed by atoms with Crippen LogP contribution < -0.4 is 4.74 Å². The number of terminal acetylenes is 1. The molecular weight excluding hydrogens is 431 g/mol. The van der Waals surface area contributed by atoms with Crippen LogP contribution in [0.15, 0.2) is 47.8 Å². The fourth-order valence-corrected chi connectivity index (χ4v) is 3.99. The Balaban J connectivity index is 0.00000122. The number of ether oxygens (including phenoxy) is 1. The fraction of sp³-hybridized carbons (Fsp3) is 0.423. The second kappa shape index (κ2) is 11.6. The number of aliphatic carboxylic acids is 1. The predicted molar refractivity (Wildman–Crippen MR) is 123 cm³/mol. The SMILES string of the molecule is C#CC.C/C(CC(=O)O)=C1/C=C(c2c(OC3CCCCC3)cccc2C(F)(F)F)C=CN1C. The van der Waals surface area contributed by atoms with Crippen molar-refractivity contribution in [1.82, 2.24) is 4.90 Å². The lowest BCUT2D eigenvalue weighted by atomic mass is 9.93. The highest BCUT2D eigenvalue weighted by Gasteiger charge is 2.36. The summed E-state index contributed by atoms with van der Waals surface area (Å²) in [6.07, 6.45) is 9.42. The molecule has 1 aliphatic heterocycles. The van der Waals surface area contributed by atoms with E-state index in [1.54, 1.807) is 50.2 Å². The zero-order valence-electron chi connectivity index (χ0n) is 19.2. The molecule has 1 aromatic carbocycles. The molecule has 1 aromatic rings. The number of hydrogen-bond acceptors (Lipinski definition) is 3. The molecule has 0 aromatic heterocycles. The molecule has 2 aliphatic rings. The highest BCUT2D eigenvalue weighted by molar-refractivity contribution is 5.83. The number of nitrogens with zero attached hydrogens (tertiary/aromatic N) is 1. The Labute approximate surface area is 193 Å². The Kier molecular flexibility index (Phi) is 9.22. The number of carbonyl (C=O) groups is 1. The maximum absolute atomic E-state index is 13.9. The number of carboxylic acids is 1. The molecule has 33 heavy (non-hydrogen) atoms. The fourth-order valence-electron chi connectivity index (χ4n) is 3.99. The summed E-state index contributed by atoms with van der Waals surface area (Å²) in [6, 6.07) is 4.01. The van der Waals surface area contributed by atoms with E-state index in [2.05, 4.69) is 12.3 Å². The number of halogens is 3. The molecule has 0 spiro atoms. The molecule has 0 amide bonds. The third kappa shape index (κ3) is 7.18. The first-order valence-corrected chi connectivity index (χ1v) is 10.9. The van der Waals surface area contributed by atoms with E-state index < -0.39 is 17.7 Å². The van der Waals surface area contributed by atoms with Crippen LogP contribution >= 0.6 is 0 Å². The molecule has 0 saturated heterocycles. The van der Waals surface area contributed by atoms with Gasteiger partial charge in [0.15, 0.2) is 0 Å². The lowest BCUT2D eigenvalue weighted by molar-refractivity contribution is -0.138. The summed E-state index contributed by atoms with van der Waals surface area (Å²) in [5.74, 6) is 1.47. The van der Waals surface area contributed by atoms with E-state index in [1.165, 1.54) is 6.07 Å². The van der Waals surface area contributed by atoms with Crippen molar-refractivity contribution in [2.24, 2.45) is 0 Å². The van der Waals surface area contributed by atoms with Crippen molar-refractivity contribution in [1.29, 1.82) is 0 Å². The van der Waals surface area contributed by atoms with E-state index in [1.807, 2.05) is 0 Å². The van der Waals surface area contributed by atoms with E-state index >= 15 is 0 Å². The summed E-state index contributed by atoms with van der Waals surface area (Å²) < 4.78 is 47.6. The van der Waals surface area contributed by atoms with Crippen molar-refractivity contribution in [3.8, 4) is 18.1 Å². The minimum atomic E-state index is -4.54. The van der Waals surface area contributed by atoms with Crippen LogP contribution in [0, 0.1) is 12.3 Å². The summed E-state index contributed by atoms with van der Waals surface area (Å²) in [7, 11) is 1.74. The smallest absolute Gasteiger partial charge is 0.417 e. The highest BCUT2D eigenvalue weighted by Crippen LogP contribution is 2.42. The second-order valence-corrected chi connectivity index (χ2v) is 8.11. The number of benzene rings is 1. The number of rotatable bonds is 5. The van der Waals surface area contributed by atoms with Gasteiger partial charge in [-0.25, -0.2) is 0 Å². The summed E-state index contributed by atoms with van der Waals surface area (Å²) >= 11 is 0. The van der Waals surface area contributed by atoms with E-state index in [-0.39, 0.29) is 23.8 Å². The lowest BCUT2D eigenvalue weighted by Gasteiger charge is -2.28. The Morgan fingerprint density at radius 3 is 2.48 bits per heavy atom. The summed E-state index contributed by atoms with van der Waals surface area (Å²) in [5, 5.41) is 9.10. The van der Waals surface area contributed by atoms with Gasteiger partial charge in [-0.2, -0.15) is 13.2 Å². The molecule has 0 atom stereocenters. The third-order valence-corrected chi connectivity index (χ3v) is 5.47. The quantitative estimate of drug-likeness (QED) is 0.499. The van der Waals surface area contributed by atoms with Crippen LogP contribution in [0.4, 0.5) is 13.2 Å². The van der Waals surface area contributed by atoms with Gasteiger partial charge in [0, 0.05) is 24.5 Å². The largest absolute Gasteiger partial charge is 0.490 e. The van der Waals surface area contributed by atoms with E-state index in [0.717, 1.165) is 38.2 Å². The molecule has 4 nitrogen and oxygen atoms in total. The van der Waals surface area contributed by atoms with Gasteiger partial charge in [-0.05, 0) is 75.0 Å². The molecule has 1 N–H and O–H groups in total. The van der Waals surface area contributed by atoms with Gasteiger partial charge in [0.25, 0.3) is 0 Å². The molecule has 0 bridgehead atoms. The Morgan fingerprint density at radius 1 is 1.27 bits per heavy atom. The molecule has 0 radical (unpaired) electrons. The molecule has 0 unspecified atom stereocenters. The minimum absolute atomic E-state index is 0.000508. The maximum atomic E-state index is 13.9. The minimum Gasteiger partial charge on any atom is -0.490 e. The summed E-state index contributed by atoms with van der Waals surface area (Å²) in [5.41, 5.74) is 0.722. The first-order valence-electron chi connectivity index (χ1n) is 10.9. The van der Waals surface area contributed by atoms with Gasteiger partial charge >= 0.3 is 12.1 Å². The van der Waals surface area contributed by atoms with E-state index in [4.69, 9.17) is 9.84 Å². The van der Waals surface area contributed by atoms with Gasteiger partial charge < -0.3 is 14.7 Å². The lowest BCUT2D eigenvalue weighted by Crippen LogP contribution is -2.21. The predicted octanol–water partition coefficient (Wildman–Crippen LogP) is 6.65. The van der Waals surface area contributed by atoms with Crippen LogP contribution in [-0.2, 0) is 11.0 Å². The van der Waals surface area contributed by atoms with E-state index in [9.17, 15) is 18.0 Å². The van der Waals surface area contributed by atoms with Crippen molar-refractivity contribution in [2.45, 2.75) is 64.7 Å². The Hall–Kier alpha value is -3.14. The maximum Gasteiger partial charge on any atom is 0.417 e. The van der Waals surface area contributed by atoms with Gasteiger partial charge in [-0.3, -0.25) is 4.79 Å². The van der Waals surface area contributed by atoms with Crippen LogP contribution in [-0.4, -0.2) is 29.1 Å². The molecule has 7 heteroatoms. The molecule has 3 rings (SSSR count). The summed E-state index contributed by atoms with van der Waals surface area (Å²) in [4.78, 5) is 12.8. The number of alkyl halides is 3. The normalized spacial score (nSPS) is 18.0. The number of hydrogen-bond donors (Lipinski definition) is 1. The molecule has 178 valence electrons. The highest BCUT2D eigenvalue weighted by atomic mass is 19.4. The van der Waals surface area contributed by atoms with Crippen LogP contribution in [0.5, 0.6) is 5.75 Å². The van der Waals surface area contributed by atoms with Crippen LogP contribution in [0.2, 0.25) is 0 Å². The molecule has 1 saturated carbocycles. The van der Waals surface area contributed by atoms with Crippen molar-refractivity contribution < 1.29 is 27.8 Å². The Morgan fingerprint density at radius 2 is 1.91 bits per heavy atom. The van der Waals surface area contributed by atoms with Crippen molar-refractivity contribution in [3.63, 3.8) is 0 Å². The third-order valence-electron chi connectivity index (χ3n) is 5.47. The van der Waals surface area contributed by atoms with E-state index in [0.29, 0.717) is 16.8 Å². The number of allylic oxidation sites excluding steroid dienone is 3. The van der Waals surface area contributed by atoms with Crippen LogP contribution in [0.1, 0.15) is 63.5 Å². The molecule has 1 fully saturated rings.